The second kappa shape index (κ2) is 29.1. The molecule has 38 heavy (non-hydrogen) atoms. The van der Waals surface area contributed by atoms with Gasteiger partial charge in [-0.2, -0.15) is 0 Å². The Balaban J connectivity index is 3.59. The molecule has 1 unspecified atom stereocenters. The molecule has 230 valence electrons. The average molecular weight is 607 g/mol. The van der Waals surface area contributed by atoms with Crippen LogP contribution in [0.25, 0.3) is 0 Å². The van der Waals surface area contributed by atoms with Gasteiger partial charge in [0.05, 0.1) is 19.8 Å². The highest BCUT2D eigenvalue weighted by Gasteiger charge is 2.23. The average Bonchev–Trinajstić information content (AvgIpc) is 2.89. The van der Waals surface area contributed by atoms with Crippen LogP contribution < -0.4 is 0 Å². The normalized spacial score (nSPS) is 14.3. The van der Waals surface area contributed by atoms with Gasteiger partial charge >= 0.3 is 7.82 Å². The van der Waals surface area contributed by atoms with Crippen molar-refractivity contribution in [1.29, 1.82) is 0 Å². The van der Waals surface area contributed by atoms with Crippen LogP contribution in [0.1, 0.15) is 110 Å². The van der Waals surface area contributed by atoms with E-state index in [0.717, 1.165) is 12.8 Å². The van der Waals surface area contributed by atoms with E-state index in [1.165, 1.54) is 97.0 Å². The van der Waals surface area contributed by atoms with E-state index in [4.69, 9.17) is 41.7 Å². The largest absolute Gasteiger partial charge is 0.472 e. The predicted octanol–water partition coefficient (Wildman–Crippen LogP) is 8.19. The summed E-state index contributed by atoms with van der Waals surface area (Å²) >= 11 is 11.5. The SMILES string of the molecule is CCCCCCCCCCCCCCCCCCOC[C@@H](COP(=O)(O)OCCN(CCCl)CCCl)OC. The second-order valence-electron chi connectivity index (χ2n) is 10.1. The van der Waals surface area contributed by atoms with Crippen LogP contribution in [-0.4, -0.2) is 80.8 Å². The third-order valence-corrected chi connectivity index (χ3v) is 7.99. The summed E-state index contributed by atoms with van der Waals surface area (Å²) in [5.41, 5.74) is 0. The molecule has 0 spiro atoms. The first-order chi connectivity index (χ1) is 18.5. The number of phosphoric ester groups is 1. The molecule has 0 aromatic heterocycles. The van der Waals surface area contributed by atoms with Gasteiger partial charge in [0.1, 0.15) is 6.10 Å². The van der Waals surface area contributed by atoms with E-state index in [0.29, 0.717) is 44.6 Å². The number of ether oxygens (including phenoxy) is 2. The van der Waals surface area contributed by atoms with Crippen LogP contribution in [0.4, 0.5) is 0 Å². The van der Waals surface area contributed by atoms with E-state index in [2.05, 4.69) is 6.92 Å². The van der Waals surface area contributed by atoms with Crippen LogP contribution in [0.15, 0.2) is 0 Å². The first-order valence-electron chi connectivity index (χ1n) is 15.1. The molecule has 0 aliphatic rings. The minimum absolute atomic E-state index is 0.0506. The van der Waals surface area contributed by atoms with Crippen LogP contribution in [0.2, 0.25) is 0 Å². The van der Waals surface area contributed by atoms with Gasteiger partial charge in [0, 0.05) is 45.1 Å². The number of alkyl halides is 2. The van der Waals surface area contributed by atoms with Crippen molar-refractivity contribution in [2.24, 2.45) is 0 Å². The van der Waals surface area contributed by atoms with Gasteiger partial charge in [-0.15, -0.1) is 23.2 Å². The molecule has 2 atom stereocenters. The van der Waals surface area contributed by atoms with Gasteiger partial charge in [0.2, 0.25) is 0 Å². The molecule has 0 fully saturated rings. The molecule has 10 heteroatoms. The van der Waals surface area contributed by atoms with E-state index in [1.54, 1.807) is 0 Å². The summed E-state index contributed by atoms with van der Waals surface area (Å²) in [7, 11) is -2.63. The Hall–Kier alpha value is 0.570. The van der Waals surface area contributed by atoms with Crippen molar-refractivity contribution in [3.05, 3.63) is 0 Å². The molecule has 0 aromatic carbocycles. The van der Waals surface area contributed by atoms with Crippen LogP contribution in [0, 0.1) is 0 Å². The van der Waals surface area contributed by atoms with E-state index in [9.17, 15) is 9.46 Å². The number of rotatable bonds is 31. The third kappa shape index (κ3) is 26.8. The topological polar surface area (TPSA) is 77.5 Å². The molecule has 0 radical (unpaired) electrons. The van der Waals surface area contributed by atoms with Crippen LogP contribution in [0.5, 0.6) is 0 Å². The van der Waals surface area contributed by atoms with Crippen molar-refractivity contribution < 1.29 is 28.0 Å². The van der Waals surface area contributed by atoms with Gasteiger partial charge in [-0.3, -0.25) is 13.9 Å². The molecule has 0 saturated carbocycles. The lowest BCUT2D eigenvalue weighted by Crippen LogP contribution is -2.31. The smallest absolute Gasteiger partial charge is 0.379 e. The fourth-order valence-corrected chi connectivity index (χ4v) is 5.45. The third-order valence-electron chi connectivity index (χ3n) is 6.67. The molecule has 0 saturated heterocycles. The maximum atomic E-state index is 12.1. The molecule has 0 aliphatic carbocycles. The summed E-state index contributed by atoms with van der Waals surface area (Å²) in [5.74, 6) is 0.915. The minimum Gasteiger partial charge on any atom is -0.379 e. The van der Waals surface area contributed by atoms with Crippen molar-refractivity contribution in [2.75, 3.05) is 64.9 Å². The molecule has 0 bridgehead atoms. The quantitative estimate of drug-likeness (QED) is 0.0484. The summed E-state index contributed by atoms with van der Waals surface area (Å²) in [5, 5.41) is 0. The Morgan fingerprint density at radius 2 is 1.16 bits per heavy atom. The number of halogens is 2. The highest BCUT2D eigenvalue weighted by molar-refractivity contribution is 7.47. The number of methoxy groups -OCH3 is 1. The van der Waals surface area contributed by atoms with Gasteiger partial charge in [-0.25, -0.2) is 4.57 Å². The minimum atomic E-state index is -4.16. The Kier molecular flexibility index (Phi) is 29.5. The zero-order chi connectivity index (χ0) is 28.2. The maximum Gasteiger partial charge on any atom is 0.472 e. The molecular formula is C28H58Cl2NO6P. The lowest BCUT2D eigenvalue weighted by Gasteiger charge is -2.21. The van der Waals surface area contributed by atoms with Gasteiger partial charge in [-0.05, 0) is 6.42 Å². The van der Waals surface area contributed by atoms with Gasteiger partial charge in [-0.1, -0.05) is 103 Å². The highest BCUT2D eigenvalue weighted by atomic mass is 35.5. The van der Waals surface area contributed by atoms with Crippen molar-refractivity contribution in [3.63, 3.8) is 0 Å². The van der Waals surface area contributed by atoms with E-state index in [1.807, 2.05) is 4.90 Å². The predicted molar refractivity (Wildman–Crippen MR) is 161 cm³/mol. The second-order valence-corrected chi connectivity index (χ2v) is 12.3. The number of unbranched alkanes of at least 4 members (excludes halogenated alkanes) is 15. The van der Waals surface area contributed by atoms with Crippen molar-refractivity contribution in [2.45, 2.75) is 116 Å². The molecule has 7 nitrogen and oxygen atoms in total. The van der Waals surface area contributed by atoms with Gasteiger partial charge in [0.25, 0.3) is 0 Å². The zero-order valence-corrected chi connectivity index (χ0v) is 26.8. The number of nitrogens with zero attached hydrogens (tertiary/aromatic N) is 1. The number of hydrogen-bond donors (Lipinski definition) is 1. The first-order valence-corrected chi connectivity index (χ1v) is 17.6. The Morgan fingerprint density at radius 1 is 0.684 bits per heavy atom. The summed E-state index contributed by atoms with van der Waals surface area (Å²) in [6.07, 6.45) is 21.0. The molecule has 1 N–H and O–H groups in total. The summed E-state index contributed by atoms with van der Waals surface area (Å²) in [4.78, 5) is 11.9. The molecule has 0 rings (SSSR count). The molecule has 0 heterocycles. The Labute approximate surface area is 244 Å². The monoisotopic (exact) mass is 605 g/mol. The summed E-state index contributed by atoms with van der Waals surface area (Å²) < 4.78 is 33.3. The van der Waals surface area contributed by atoms with Gasteiger partial charge < -0.3 is 14.4 Å². The van der Waals surface area contributed by atoms with E-state index in [-0.39, 0.29) is 13.2 Å². The van der Waals surface area contributed by atoms with Crippen molar-refractivity contribution >= 4 is 31.0 Å². The summed E-state index contributed by atoms with van der Waals surface area (Å²) in [6, 6.07) is 0. The fraction of sp³-hybridized carbons (Fsp3) is 1.00. The first kappa shape index (κ1) is 38.6. The van der Waals surface area contributed by atoms with E-state index < -0.39 is 13.9 Å². The summed E-state index contributed by atoms with van der Waals surface area (Å²) in [6.45, 7) is 4.94. The Morgan fingerprint density at radius 3 is 1.61 bits per heavy atom. The van der Waals surface area contributed by atoms with Gasteiger partial charge in [0.15, 0.2) is 0 Å². The van der Waals surface area contributed by atoms with E-state index >= 15 is 0 Å². The lowest BCUT2D eigenvalue weighted by atomic mass is 10.0. The molecular weight excluding hydrogens is 548 g/mol. The number of phosphoric acid groups is 1. The highest BCUT2D eigenvalue weighted by Crippen LogP contribution is 2.43. The van der Waals surface area contributed by atoms with Crippen LogP contribution in [0.3, 0.4) is 0 Å². The zero-order valence-electron chi connectivity index (χ0n) is 24.4. The molecule has 0 amide bonds. The fourth-order valence-electron chi connectivity index (χ4n) is 4.23. The van der Waals surface area contributed by atoms with Crippen molar-refractivity contribution in [3.8, 4) is 0 Å². The Bertz CT molecular complexity index is 530. The van der Waals surface area contributed by atoms with Crippen molar-refractivity contribution in [1.82, 2.24) is 4.90 Å². The maximum absolute atomic E-state index is 12.1. The standard InChI is InChI=1S/C28H58Cl2NO6P/c1-3-4-5-6-7-8-9-10-11-12-13-14-15-16-17-18-24-35-26-28(34-2)27-37-38(32,33)36-25-23-31(21-19-29)22-20-30/h28H,3-27H2,1-2H3,(H,32,33)/t28-/m0/s1. The lowest BCUT2D eigenvalue weighted by molar-refractivity contribution is -0.0223. The number of hydrogen-bond acceptors (Lipinski definition) is 6. The van der Waals surface area contributed by atoms with Crippen LogP contribution in [-0.2, 0) is 23.1 Å². The molecule has 0 aliphatic heterocycles. The van der Waals surface area contributed by atoms with Crippen LogP contribution >= 0.6 is 31.0 Å². The molecule has 0 aromatic rings.